The molecule has 0 spiro atoms. The highest BCUT2D eigenvalue weighted by atomic mass is 79.9. The van der Waals surface area contributed by atoms with E-state index in [1.165, 1.54) is 0 Å². The Bertz CT molecular complexity index is 522. The van der Waals surface area contributed by atoms with Crippen molar-refractivity contribution in [1.82, 2.24) is 10.0 Å². The van der Waals surface area contributed by atoms with Gasteiger partial charge < -0.3 is 5.32 Å². The molecule has 2 N–H and O–H groups in total. The highest BCUT2D eigenvalue weighted by Crippen LogP contribution is 2.26. The van der Waals surface area contributed by atoms with E-state index in [4.69, 9.17) is 11.6 Å². The highest BCUT2D eigenvalue weighted by Gasteiger charge is 2.12. The fraction of sp³-hybridized carbons (Fsp3) is 0.500. The van der Waals surface area contributed by atoms with Crippen LogP contribution in [-0.2, 0) is 10.0 Å². The van der Waals surface area contributed by atoms with Crippen LogP contribution in [0.25, 0.3) is 0 Å². The lowest BCUT2D eigenvalue weighted by molar-refractivity contribution is 0.564. The van der Waals surface area contributed by atoms with Crippen molar-refractivity contribution in [2.45, 2.75) is 19.9 Å². The van der Waals surface area contributed by atoms with Crippen LogP contribution >= 0.6 is 27.5 Å². The number of sulfonamides is 1. The summed E-state index contributed by atoms with van der Waals surface area (Å²) in [5, 5.41) is 3.81. The molecule has 19 heavy (non-hydrogen) atoms. The van der Waals surface area contributed by atoms with Gasteiger partial charge in [-0.25, -0.2) is 13.1 Å². The number of nitrogens with one attached hydrogen (secondary N) is 2. The fourth-order valence-corrected chi connectivity index (χ4v) is 3.47. The molecule has 0 saturated carbocycles. The van der Waals surface area contributed by atoms with Gasteiger partial charge >= 0.3 is 0 Å². The molecule has 0 radical (unpaired) electrons. The minimum atomic E-state index is -3.18. The molecule has 0 aliphatic heterocycles. The summed E-state index contributed by atoms with van der Waals surface area (Å²) in [6.45, 7) is 4.50. The maximum absolute atomic E-state index is 11.5. The first-order valence-corrected chi connectivity index (χ1v) is 8.83. The first-order chi connectivity index (χ1) is 8.85. The van der Waals surface area contributed by atoms with E-state index in [1.807, 2.05) is 25.1 Å². The maximum Gasteiger partial charge on any atom is 0.212 e. The average molecular weight is 370 g/mol. The smallest absolute Gasteiger partial charge is 0.212 e. The summed E-state index contributed by atoms with van der Waals surface area (Å²) >= 11 is 9.49. The van der Waals surface area contributed by atoms with Crippen LogP contribution in [0, 0.1) is 0 Å². The number of benzene rings is 1. The van der Waals surface area contributed by atoms with E-state index >= 15 is 0 Å². The van der Waals surface area contributed by atoms with Gasteiger partial charge in [-0.05, 0) is 24.6 Å². The van der Waals surface area contributed by atoms with E-state index < -0.39 is 10.0 Å². The Morgan fingerprint density at radius 3 is 2.68 bits per heavy atom. The molecule has 1 aromatic rings. The van der Waals surface area contributed by atoms with Crippen LogP contribution in [-0.4, -0.2) is 27.3 Å². The van der Waals surface area contributed by atoms with E-state index in [0.29, 0.717) is 18.1 Å². The summed E-state index contributed by atoms with van der Waals surface area (Å²) < 4.78 is 26.3. The lowest BCUT2D eigenvalue weighted by atomic mass is 10.1. The van der Waals surface area contributed by atoms with Gasteiger partial charge in [0.25, 0.3) is 0 Å². The van der Waals surface area contributed by atoms with Gasteiger partial charge in [0, 0.05) is 28.6 Å². The molecule has 4 nitrogen and oxygen atoms in total. The van der Waals surface area contributed by atoms with Crippen LogP contribution in [0.1, 0.15) is 25.5 Å². The molecule has 1 atom stereocenters. The van der Waals surface area contributed by atoms with Crippen LogP contribution in [0.2, 0.25) is 5.02 Å². The first kappa shape index (κ1) is 16.9. The summed E-state index contributed by atoms with van der Waals surface area (Å²) in [7, 11) is -3.18. The van der Waals surface area contributed by atoms with Gasteiger partial charge in [-0.15, -0.1) is 0 Å². The molecular formula is C12H18BrClN2O2S. The van der Waals surface area contributed by atoms with E-state index in [2.05, 4.69) is 26.0 Å². The lowest BCUT2D eigenvalue weighted by Gasteiger charge is -2.16. The van der Waals surface area contributed by atoms with Crippen molar-refractivity contribution in [1.29, 1.82) is 0 Å². The summed E-state index contributed by atoms with van der Waals surface area (Å²) in [5.41, 5.74) is 0.950. The van der Waals surface area contributed by atoms with Crippen molar-refractivity contribution in [2.75, 3.05) is 18.8 Å². The molecular weight excluding hydrogens is 352 g/mol. The maximum atomic E-state index is 11.5. The minimum Gasteiger partial charge on any atom is -0.309 e. The van der Waals surface area contributed by atoms with Gasteiger partial charge in [0.1, 0.15) is 0 Å². The van der Waals surface area contributed by atoms with Crippen molar-refractivity contribution in [2.24, 2.45) is 0 Å². The van der Waals surface area contributed by atoms with Crippen LogP contribution < -0.4 is 10.0 Å². The third-order valence-electron chi connectivity index (χ3n) is 2.61. The number of halogens is 2. The molecule has 0 amide bonds. The van der Waals surface area contributed by atoms with E-state index in [1.54, 1.807) is 6.92 Å². The van der Waals surface area contributed by atoms with Gasteiger partial charge in [0.2, 0.25) is 10.0 Å². The van der Waals surface area contributed by atoms with Crippen LogP contribution in [0.5, 0.6) is 0 Å². The minimum absolute atomic E-state index is 0.00238. The Hall–Kier alpha value is -0.140. The summed E-state index contributed by atoms with van der Waals surface area (Å²) in [4.78, 5) is 0. The Morgan fingerprint density at radius 2 is 2.11 bits per heavy atom. The summed E-state index contributed by atoms with van der Waals surface area (Å²) in [6, 6.07) is 5.65. The molecule has 0 aliphatic carbocycles. The SMILES string of the molecule is CCNS(=O)(=O)CCNC(C)c1ccc(Br)cc1Cl. The van der Waals surface area contributed by atoms with Gasteiger partial charge in [-0.2, -0.15) is 0 Å². The van der Waals surface area contributed by atoms with E-state index in [9.17, 15) is 8.42 Å². The van der Waals surface area contributed by atoms with Crippen molar-refractivity contribution >= 4 is 37.6 Å². The molecule has 0 aliphatic rings. The van der Waals surface area contributed by atoms with Crippen molar-refractivity contribution in [3.8, 4) is 0 Å². The fourth-order valence-electron chi connectivity index (χ4n) is 1.66. The Morgan fingerprint density at radius 1 is 1.42 bits per heavy atom. The Labute approximate surface area is 128 Å². The average Bonchev–Trinajstić information content (AvgIpc) is 2.28. The Kier molecular flexibility index (Phi) is 6.76. The van der Waals surface area contributed by atoms with Crippen molar-refractivity contribution in [3.05, 3.63) is 33.3 Å². The third-order valence-corrected chi connectivity index (χ3v) is 4.91. The molecule has 1 rings (SSSR count). The van der Waals surface area contributed by atoms with Crippen molar-refractivity contribution in [3.63, 3.8) is 0 Å². The molecule has 0 aromatic heterocycles. The van der Waals surface area contributed by atoms with E-state index in [-0.39, 0.29) is 11.8 Å². The monoisotopic (exact) mass is 368 g/mol. The summed E-state index contributed by atoms with van der Waals surface area (Å²) in [5.74, 6) is 0.0549. The molecule has 0 bridgehead atoms. The zero-order valence-corrected chi connectivity index (χ0v) is 14.1. The second kappa shape index (κ2) is 7.59. The summed E-state index contributed by atoms with van der Waals surface area (Å²) in [6.07, 6.45) is 0. The molecule has 1 aromatic carbocycles. The van der Waals surface area contributed by atoms with E-state index in [0.717, 1.165) is 10.0 Å². The standard InChI is InChI=1S/C12H18BrClN2O2S/c1-3-16-19(17,18)7-6-15-9(2)11-5-4-10(13)8-12(11)14/h4-5,8-9,15-16H,3,6-7H2,1-2H3. The van der Waals surface area contributed by atoms with Crippen LogP contribution in [0.3, 0.4) is 0 Å². The third kappa shape index (κ3) is 5.79. The molecule has 7 heteroatoms. The molecule has 0 heterocycles. The first-order valence-electron chi connectivity index (χ1n) is 6.01. The van der Waals surface area contributed by atoms with Gasteiger partial charge in [0.05, 0.1) is 5.75 Å². The topological polar surface area (TPSA) is 58.2 Å². The number of hydrogen-bond donors (Lipinski definition) is 2. The van der Waals surface area contributed by atoms with Crippen LogP contribution in [0.15, 0.2) is 22.7 Å². The number of hydrogen-bond acceptors (Lipinski definition) is 3. The van der Waals surface area contributed by atoms with Crippen molar-refractivity contribution < 1.29 is 8.42 Å². The number of rotatable bonds is 7. The van der Waals surface area contributed by atoms with Gasteiger partial charge in [-0.3, -0.25) is 0 Å². The zero-order chi connectivity index (χ0) is 14.5. The van der Waals surface area contributed by atoms with Gasteiger partial charge in [-0.1, -0.05) is 40.5 Å². The molecule has 0 fully saturated rings. The normalized spacial score (nSPS) is 13.5. The predicted molar refractivity (Wildman–Crippen MR) is 83.0 cm³/mol. The second-order valence-electron chi connectivity index (χ2n) is 4.16. The predicted octanol–water partition coefficient (Wildman–Crippen LogP) is 2.69. The van der Waals surface area contributed by atoms with Gasteiger partial charge in [0.15, 0.2) is 0 Å². The molecule has 108 valence electrons. The molecule has 0 saturated heterocycles. The Balaban J connectivity index is 2.54. The zero-order valence-electron chi connectivity index (χ0n) is 10.9. The second-order valence-corrected chi connectivity index (χ2v) is 7.41. The molecule has 1 unspecified atom stereocenters. The quantitative estimate of drug-likeness (QED) is 0.777. The highest BCUT2D eigenvalue weighted by molar-refractivity contribution is 9.10. The van der Waals surface area contributed by atoms with Crippen LogP contribution in [0.4, 0.5) is 0 Å². The lowest BCUT2D eigenvalue weighted by Crippen LogP contribution is -2.32. The largest absolute Gasteiger partial charge is 0.309 e.